The Morgan fingerprint density at radius 1 is 0.818 bits per heavy atom. The molecular weight excluding hydrogens is 395 g/mol. The van der Waals surface area contributed by atoms with E-state index >= 15 is 0 Å². The molecule has 22 heavy (non-hydrogen) atoms. The summed E-state index contributed by atoms with van der Waals surface area (Å²) in [5.41, 5.74) is 1.10. The van der Waals surface area contributed by atoms with Gasteiger partial charge in [0.2, 0.25) is 0 Å². The predicted octanol–water partition coefficient (Wildman–Crippen LogP) is 3.39. The number of hydrogen-bond acceptors (Lipinski definition) is 6. The van der Waals surface area contributed by atoms with Gasteiger partial charge in [0.25, 0.3) is 5.69 Å². The van der Waals surface area contributed by atoms with Crippen LogP contribution >= 0.6 is 0 Å². The highest BCUT2D eigenvalue weighted by atomic mass is 33.7. The molecule has 2 aromatic carbocycles. The fraction of sp³-hybridized carbons (Fsp3) is 0.0769. The molecule has 0 N–H and O–H groups in total. The van der Waals surface area contributed by atoms with Crippen molar-refractivity contribution in [1.82, 2.24) is 0 Å². The lowest BCUT2D eigenvalue weighted by Crippen LogP contribution is -2.11. The first-order valence-electron chi connectivity index (χ1n) is 5.97. The average molecular weight is 406 g/mol. The van der Waals surface area contributed by atoms with Crippen LogP contribution in [0.4, 0.5) is 5.69 Å². The first-order chi connectivity index (χ1) is 10.2. The minimum atomic E-state index is -2.29. The molecule has 0 bridgehead atoms. The van der Waals surface area contributed by atoms with Gasteiger partial charge in [-0.2, -0.15) is 0 Å². The average Bonchev–Trinajstić information content (AvgIpc) is 2.47. The van der Waals surface area contributed by atoms with Gasteiger partial charge in [-0.1, -0.05) is 17.7 Å². The summed E-state index contributed by atoms with van der Waals surface area (Å²) in [4.78, 5) is 11.7. The van der Waals surface area contributed by atoms with E-state index in [1.165, 1.54) is 12.1 Å². The van der Waals surface area contributed by atoms with Crippen LogP contribution in [0, 0.1) is 17.0 Å². The van der Waals surface area contributed by atoms with Crippen LogP contribution in [0.25, 0.3) is 0 Å². The van der Waals surface area contributed by atoms with Crippen molar-refractivity contribution < 1.29 is 4.92 Å². The van der Waals surface area contributed by atoms with Gasteiger partial charge in [-0.15, -0.1) is 0 Å². The summed E-state index contributed by atoms with van der Waals surface area (Å²) in [5, 5.41) is 10.7. The highest BCUT2D eigenvalue weighted by Crippen LogP contribution is 2.28. The number of nitrogens with zero attached hydrogens (tertiary/aromatic N) is 1. The monoisotopic (exact) mass is 405 g/mol. The van der Waals surface area contributed by atoms with E-state index in [0.29, 0.717) is 4.90 Å². The van der Waals surface area contributed by atoms with E-state index in [0.717, 1.165) is 10.5 Å². The van der Waals surface area contributed by atoms with E-state index in [1.807, 2.05) is 31.2 Å². The number of nitro benzene ring substituents is 1. The third-order valence-electron chi connectivity index (χ3n) is 2.93. The fourth-order valence-electron chi connectivity index (χ4n) is 1.69. The molecule has 0 atom stereocenters. The third-order valence-corrected chi connectivity index (χ3v) is 20.9. The quantitative estimate of drug-likeness (QED) is 0.441. The summed E-state index contributed by atoms with van der Waals surface area (Å²) in [6, 6.07) is 13.6. The van der Waals surface area contributed by atoms with Crippen molar-refractivity contribution in [3.63, 3.8) is 0 Å². The molecular formula is C13H11NO2S6. The van der Waals surface area contributed by atoms with E-state index in [9.17, 15) is 10.1 Å². The third kappa shape index (κ3) is 3.34. The highest BCUT2D eigenvalue weighted by molar-refractivity contribution is 9.11. The van der Waals surface area contributed by atoms with Crippen LogP contribution < -0.4 is 0 Å². The molecule has 9 heteroatoms. The van der Waals surface area contributed by atoms with Gasteiger partial charge in [0.1, 0.15) is 0 Å². The van der Waals surface area contributed by atoms with Crippen LogP contribution in [0.2, 0.25) is 0 Å². The molecule has 0 saturated heterocycles. The molecule has 0 fully saturated rings. The Morgan fingerprint density at radius 3 is 1.55 bits per heavy atom. The fourth-order valence-corrected chi connectivity index (χ4v) is 9.49. The first-order valence-corrected chi connectivity index (χ1v) is 13.5. The van der Waals surface area contributed by atoms with Gasteiger partial charge in [0.15, 0.2) is 0 Å². The lowest BCUT2D eigenvalue weighted by atomic mass is 10.2. The number of nitro groups is 1. The summed E-state index contributed by atoms with van der Waals surface area (Å²) in [5.74, 6) is 0. The minimum absolute atomic E-state index is 0.00590. The molecule has 0 unspecified atom stereocenters. The highest BCUT2D eigenvalue weighted by Gasteiger charge is 2.19. The van der Waals surface area contributed by atoms with Gasteiger partial charge < -0.3 is 0 Å². The molecule has 0 heterocycles. The summed E-state index contributed by atoms with van der Waals surface area (Å²) < 4.78 is 0. The van der Waals surface area contributed by atoms with E-state index in [-0.39, 0.29) is 5.69 Å². The van der Waals surface area contributed by atoms with Gasteiger partial charge >= 0.3 is 0 Å². The lowest BCUT2D eigenvalue weighted by Gasteiger charge is -2.18. The molecule has 0 aliphatic heterocycles. The Hall–Kier alpha value is -0.580. The van der Waals surface area contributed by atoms with Crippen molar-refractivity contribution >= 4 is 62.8 Å². The van der Waals surface area contributed by atoms with Crippen molar-refractivity contribution in [2.24, 2.45) is 0 Å². The normalized spacial score (nSPS) is 12.0. The summed E-state index contributed by atoms with van der Waals surface area (Å²) in [7, 11) is 0. The van der Waals surface area contributed by atoms with Crippen LogP contribution in [0.5, 0.6) is 0 Å². The molecule has 0 amide bonds. The van der Waals surface area contributed by atoms with E-state index in [4.69, 9.17) is 44.8 Å². The molecule has 0 spiro atoms. The molecule has 2 aromatic rings. The minimum Gasteiger partial charge on any atom is -0.258 e. The van der Waals surface area contributed by atoms with Gasteiger partial charge in [-0.3, -0.25) is 10.1 Å². The molecule has 0 aromatic heterocycles. The van der Waals surface area contributed by atoms with Crippen LogP contribution in [0.3, 0.4) is 0 Å². The number of non-ortho nitro benzene ring substituents is 1. The zero-order valence-corrected chi connectivity index (χ0v) is 16.2. The smallest absolute Gasteiger partial charge is 0.258 e. The second-order valence-corrected chi connectivity index (χ2v) is 20.0. The van der Waals surface area contributed by atoms with E-state index < -0.39 is 17.3 Å². The Labute approximate surface area is 147 Å². The first kappa shape index (κ1) is 17.8. The van der Waals surface area contributed by atoms with Crippen LogP contribution in [0.15, 0.2) is 58.3 Å². The number of rotatable bonds is 4. The zero-order chi connectivity index (χ0) is 16.5. The van der Waals surface area contributed by atoms with Crippen LogP contribution in [0.1, 0.15) is 5.56 Å². The number of aryl methyl sites for hydroxylation is 1. The molecule has 0 aliphatic carbocycles. The van der Waals surface area contributed by atoms with Gasteiger partial charge in [-0.25, -0.2) is 0 Å². The predicted molar refractivity (Wildman–Crippen MR) is 105 cm³/mol. The molecule has 3 nitrogen and oxygen atoms in total. The van der Waals surface area contributed by atoms with Gasteiger partial charge in [0.05, 0.1) is 4.92 Å². The molecule has 0 radical (unpaired) electrons. The van der Waals surface area contributed by atoms with Gasteiger partial charge in [0, 0.05) is 21.9 Å². The van der Waals surface area contributed by atoms with Crippen molar-refractivity contribution in [2.75, 3.05) is 0 Å². The van der Waals surface area contributed by atoms with E-state index in [2.05, 4.69) is 0 Å². The van der Waals surface area contributed by atoms with Crippen LogP contribution in [-0.4, -0.2) is 4.92 Å². The second-order valence-electron chi connectivity index (χ2n) is 4.47. The van der Waals surface area contributed by atoms with Crippen molar-refractivity contribution in [3.05, 3.63) is 64.2 Å². The molecule has 0 aliphatic rings. The Kier molecular flexibility index (Phi) is 5.25. The van der Waals surface area contributed by atoms with Crippen molar-refractivity contribution in [3.8, 4) is 0 Å². The Morgan fingerprint density at radius 2 is 1.18 bits per heavy atom. The zero-order valence-electron chi connectivity index (χ0n) is 11.3. The maximum Gasteiger partial charge on any atom is 0.269 e. The SMILES string of the molecule is Cc1ccc(S(=S)(=S)S(=S)(=S)c2ccc([N+](=O)[O-])cc2)cc1. The largest absolute Gasteiger partial charge is 0.269 e. The van der Waals surface area contributed by atoms with Gasteiger partial charge in [-0.05, 0) is 88.3 Å². The standard InChI is InChI=1S/C13H11NO2S6/c1-10-2-6-12(7-3-10)21(17,18)22(19,20)13-8-4-11(5-9-13)14(15)16/h2-9H,1H3. The van der Waals surface area contributed by atoms with Crippen LogP contribution in [-0.2, 0) is 57.1 Å². The Balaban J connectivity index is 2.53. The maximum atomic E-state index is 10.7. The second kappa shape index (κ2) is 6.50. The van der Waals surface area contributed by atoms with Crippen molar-refractivity contribution in [1.29, 1.82) is 0 Å². The summed E-state index contributed by atoms with van der Waals surface area (Å²) in [6.07, 6.45) is -4.52. The molecule has 116 valence electrons. The topological polar surface area (TPSA) is 43.1 Å². The molecule has 2 rings (SSSR count). The summed E-state index contributed by atoms with van der Waals surface area (Å²) in [6.45, 7) is 1.98. The lowest BCUT2D eigenvalue weighted by molar-refractivity contribution is -0.384. The van der Waals surface area contributed by atoms with E-state index in [1.54, 1.807) is 12.1 Å². The molecule has 0 saturated carbocycles. The summed E-state index contributed by atoms with van der Waals surface area (Å²) >= 11 is 22.6. The number of benzene rings is 2. The van der Waals surface area contributed by atoms with Crippen molar-refractivity contribution in [2.45, 2.75) is 16.7 Å². The maximum absolute atomic E-state index is 10.7. The Bertz CT molecular complexity index is 914. The number of hydrogen-bond donors (Lipinski definition) is 0.